The molecule has 43 heavy (non-hydrogen) atoms. The van der Waals surface area contributed by atoms with E-state index in [2.05, 4.69) is 47.1 Å². The Morgan fingerprint density at radius 2 is 1.44 bits per heavy atom. The molecule has 5 nitrogen and oxygen atoms in total. The van der Waals surface area contributed by atoms with Gasteiger partial charge < -0.3 is 15.0 Å². The first-order valence-electron chi connectivity index (χ1n) is 13.9. The maximum atomic E-state index is 14.2. The molecule has 6 aromatic rings. The molecule has 7 heteroatoms. The van der Waals surface area contributed by atoms with Crippen molar-refractivity contribution in [1.82, 2.24) is 9.88 Å². The van der Waals surface area contributed by atoms with Gasteiger partial charge in [0.1, 0.15) is 0 Å². The number of rotatable bonds is 7. The molecule has 0 aliphatic carbocycles. The van der Waals surface area contributed by atoms with Gasteiger partial charge in [0, 0.05) is 11.6 Å². The Bertz CT molecular complexity index is 2010. The van der Waals surface area contributed by atoms with Crippen LogP contribution >= 0.6 is 0 Å². The number of hydrogen-bond donors (Lipinski definition) is 2. The van der Waals surface area contributed by atoms with Gasteiger partial charge in [0.15, 0.2) is 11.6 Å². The molecule has 214 valence electrons. The number of carbonyl (C=O) groups excluding carboxylic acids is 1. The summed E-state index contributed by atoms with van der Waals surface area (Å²) in [5, 5.41) is 15.3. The minimum absolute atomic E-state index is 0.122. The summed E-state index contributed by atoms with van der Waals surface area (Å²) in [6.45, 7) is 3.89. The first-order valence-corrected chi connectivity index (χ1v) is 13.9. The number of carbonyl (C=O) groups is 2. The van der Waals surface area contributed by atoms with Crippen LogP contribution in [0.1, 0.15) is 57.8 Å². The smallest absolute Gasteiger partial charge is 0.335 e. The van der Waals surface area contributed by atoms with Crippen LogP contribution in [0.25, 0.3) is 32.8 Å². The van der Waals surface area contributed by atoms with Crippen molar-refractivity contribution in [3.8, 4) is 11.1 Å². The largest absolute Gasteiger partial charge is 0.478 e. The zero-order chi connectivity index (χ0) is 30.2. The number of nitrogens with one attached hydrogen (secondary N) is 1. The molecule has 1 amide bonds. The van der Waals surface area contributed by atoms with Crippen LogP contribution in [0.15, 0.2) is 109 Å². The topological polar surface area (TPSA) is 71.3 Å². The monoisotopic (exact) mass is 574 g/mol. The van der Waals surface area contributed by atoms with Crippen LogP contribution in [0.5, 0.6) is 0 Å². The summed E-state index contributed by atoms with van der Waals surface area (Å²) in [6.07, 6.45) is 1.93. The predicted octanol–water partition coefficient (Wildman–Crippen LogP) is 8.54. The zero-order valence-corrected chi connectivity index (χ0v) is 23.5. The zero-order valence-electron chi connectivity index (χ0n) is 23.5. The molecular weight excluding hydrogens is 546 g/mol. The molecule has 1 aromatic heterocycles. The fraction of sp³-hybridized carbons (Fsp3) is 0.111. The molecule has 0 unspecified atom stereocenters. The highest BCUT2D eigenvalue weighted by atomic mass is 19.2. The van der Waals surface area contributed by atoms with Gasteiger partial charge >= 0.3 is 5.97 Å². The quantitative estimate of drug-likeness (QED) is 0.201. The maximum absolute atomic E-state index is 14.2. The number of aromatic nitrogens is 1. The van der Waals surface area contributed by atoms with E-state index in [-0.39, 0.29) is 17.5 Å². The van der Waals surface area contributed by atoms with Gasteiger partial charge in [-0.1, -0.05) is 54.6 Å². The predicted molar refractivity (Wildman–Crippen MR) is 164 cm³/mol. The van der Waals surface area contributed by atoms with Crippen molar-refractivity contribution in [3.63, 3.8) is 0 Å². The second-order valence-electron chi connectivity index (χ2n) is 10.7. The van der Waals surface area contributed by atoms with Gasteiger partial charge in [-0.15, -0.1) is 0 Å². The molecule has 0 bridgehead atoms. The van der Waals surface area contributed by atoms with E-state index in [4.69, 9.17) is 0 Å². The summed E-state index contributed by atoms with van der Waals surface area (Å²) in [5.41, 5.74) is 4.07. The number of fused-ring (bicyclic) bond motifs is 2. The normalized spacial score (nSPS) is 12.7. The highest BCUT2D eigenvalue weighted by molar-refractivity contribution is 6.08. The number of hydrogen-bond acceptors (Lipinski definition) is 2. The van der Waals surface area contributed by atoms with E-state index in [0.29, 0.717) is 22.2 Å². The van der Waals surface area contributed by atoms with Gasteiger partial charge in [0.2, 0.25) is 0 Å². The van der Waals surface area contributed by atoms with E-state index in [1.54, 1.807) is 18.2 Å². The fourth-order valence-electron chi connectivity index (χ4n) is 5.55. The second kappa shape index (κ2) is 11.2. The Labute approximate surface area is 247 Å². The van der Waals surface area contributed by atoms with E-state index in [9.17, 15) is 23.5 Å². The highest BCUT2D eigenvalue weighted by Gasteiger charge is 2.21. The SMILES string of the molecule is C[C@H](NC(=O)c1cc(-c2ccc(F)c(F)c2)cc2ccn([C@H](C)c3ccc4ccccc4c3)c12)c1ccc(C(=O)O)cc1. The van der Waals surface area contributed by atoms with Crippen molar-refractivity contribution in [2.24, 2.45) is 0 Å². The van der Waals surface area contributed by atoms with E-state index in [0.717, 1.165) is 39.4 Å². The number of halogens is 2. The van der Waals surface area contributed by atoms with Crippen LogP contribution in [0.2, 0.25) is 0 Å². The third kappa shape index (κ3) is 5.37. The van der Waals surface area contributed by atoms with Crippen LogP contribution in [-0.2, 0) is 0 Å². The van der Waals surface area contributed by atoms with E-state index in [1.807, 2.05) is 37.4 Å². The van der Waals surface area contributed by atoms with Crippen LogP contribution < -0.4 is 5.32 Å². The van der Waals surface area contributed by atoms with E-state index in [1.165, 1.54) is 18.2 Å². The van der Waals surface area contributed by atoms with Gasteiger partial charge in [0.05, 0.1) is 28.7 Å². The summed E-state index contributed by atoms with van der Waals surface area (Å²) in [5.74, 6) is -3.29. The van der Waals surface area contributed by atoms with Crippen molar-refractivity contribution >= 4 is 33.6 Å². The van der Waals surface area contributed by atoms with Gasteiger partial charge in [-0.05, 0) is 95.4 Å². The average Bonchev–Trinajstić information content (AvgIpc) is 3.45. The van der Waals surface area contributed by atoms with Crippen LogP contribution in [-0.4, -0.2) is 21.6 Å². The third-order valence-electron chi connectivity index (χ3n) is 7.99. The van der Waals surface area contributed by atoms with Crippen molar-refractivity contribution < 1.29 is 23.5 Å². The number of benzene rings is 5. The molecule has 2 atom stereocenters. The number of carboxylic acid groups (broad SMARTS) is 1. The summed E-state index contributed by atoms with van der Waals surface area (Å²) in [7, 11) is 0. The van der Waals surface area contributed by atoms with Gasteiger partial charge in [-0.2, -0.15) is 0 Å². The lowest BCUT2D eigenvalue weighted by molar-refractivity contribution is 0.0696. The highest BCUT2D eigenvalue weighted by Crippen LogP contribution is 2.34. The lowest BCUT2D eigenvalue weighted by Crippen LogP contribution is -2.27. The molecule has 0 aliphatic rings. The van der Waals surface area contributed by atoms with E-state index < -0.39 is 23.6 Å². The first kappa shape index (κ1) is 27.8. The number of nitrogens with zero attached hydrogens (tertiary/aromatic N) is 1. The Balaban J connectivity index is 1.44. The van der Waals surface area contributed by atoms with Gasteiger partial charge in [0.25, 0.3) is 5.91 Å². The van der Waals surface area contributed by atoms with Crippen LogP contribution in [0.4, 0.5) is 8.78 Å². The molecule has 0 saturated heterocycles. The number of carboxylic acids is 1. The van der Waals surface area contributed by atoms with Crippen LogP contribution in [0.3, 0.4) is 0 Å². The summed E-state index contributed by atoms with van der Waals surface area (Å²) in [4.78, 5) is 25.2. The maximum Gasteiger partial charge on any atom is 0.335 e. The summed E-state index contributed by atoms with van der Waals surface area (Å²) in [6, 6.07) is 29.4. The van der Waals surface area contributed by atoms with Crippen molar-refractivity contribution in [2.75, 3.05) is 0 Å². The summed E-state index contributed by atoms with van der Waals surface area (Å²) < 4.78 is 30.0. The van der Waals surface area contributed by atoms with Gasteiger partial charge in [-0.25, -0.2) is 13.6 Å². The average molecular weight is 575 g/mol. The van der Waals surface area contributed by atoms with Crippen molar-refractivity contribution in [1.29, 1.82) is 0 Å². The lowest BCUT2D eigenvalue weighted by atomic mass is 9.98. The Kier molecular flexibility index (Phi) is 7.24. The third-order valence-corrected chi connectivity index (χ3v) is 7.99. The van der Waals surface area contributed by atoms with E-state index >= 15 is 0 Å². The Morgan fingerprint density at radius 1 is 0.721 bits per heavy atom. The van der Waals surface area contributed by atoms with Crippen LogP contribution in [0, 0.1) is 11.6 Å². The Morgan fingerprint density at radius 3 is 2.16 bits per heavy atom. The van der Waals surface area contributed by atoms with Crippen molar-refractivity contribution in [2.45, 2.75) is 25.9 Å². The minimum Gasteiger partial charge on any atom is -0.478 e. The lowest BCUT2D eigenvalue weighted by Gasteiger charge is -2.20. The fourth-order valence-corrected chi connectivity index (χ4v) is 5.55. The minimum atomic E-state index is -1.03. The molecule has 1 heterocycles. The first-order chi connectivity index (χ1) is 20.7. The summed E-state index contributed by atoms with van der Waals surface area (Å²) >= 11 is 0. The number of aromatic carboxylic acids is 1. The molecule has 0 fully saturated rings. The molecule has 0 aliphatic heterocycles. The molecule has 2 N–H and O–H groups in total. The second-order valence-corrected chi connectivity index (χ2v) is 10.7. The molecule has 0 saturated carbocycles. The molecule has 6 rings (SSSR count). The molecule has 0 radical (unpaired) electrons. The molecule has 5 aromatic carbocycles. The number of amides is 1. The Hall–Kier alpha value is -5.30. The molecule has 0 spiro atoms. The van der Waals surface area contributed by atoms with Crippen molar-refractivity contribution in [3.05, 3.63) is 143 Å². The van der Waals surface area contributed by atoms with Gasteiger partial charge in [-0.3, -0.25) is 4.79 Å². The molecular formula is C36H28F2N2O3. The standard InChI is InChI=1S/C36H28F2N2O3/c1-21(23-7-10-25(11-8-23)36(42)43)39-35(41)31-19-30(28-13-14-32(37)33(38)20-28)18-29-15-16-40(34(29)31)22(2)26-12-9-24-5-3-4-6-27(24)17-26/h3-22H,1-2H3,(H,39,41)(H,42,43)/t21-,22+/m0/s1.